The van der Waals surface area contributed by atoms with Gasteiger partial charge < -0.3 is 10.0 Å². The van der Waals surface area contributed by atoms with Crippen molar-refractivity contribution in [3.63, 3.8) is 0 Å². The molecule has 1 N–H and O–H groups in total. The fourth-order valence-corrected chi connectivity index (χ4v) is 6.07. The van der Waals surface area contributed by atoms with Gasteiger partial charge in [-0.05, 0) is 45.0 Å². The number of aliphatic hydroxyl groups is 1. The highest BCUT2D eigenvalue weighted by Gasteiger charge is 2.34. The van der Waals surface area contributed by atoms with Crippen LogP contribution < -0.4 is 0 Å². The average Bonchev–Trinajstić information content (AvgIpc) is 2.71. The number of aliphatic hydroxyl groups excluding tert-OH is 1. The van der Waals surface area contributed by atoms with Gasteiger partial charge in [0.15, 0.2) is 0 Å². The zero-order chi connectivity index (χ0) is 15.6. The lowest BCUT2D eigenvalue weighted by Crippen LogP contribution is -2.43. The first-order chi connectivity index (χ1) is 9.90. The van der Waals surface area contributed by atoms with Crippen molar-refractivity contribution in [2.75, 3.05) is 26.7 Å². The van der Waals surface area contributed by atoms with E-state index in [2.05, 4.69) is 4.90 Å². The first-order valence-corrected chi connectivity index (χ1v) is 9.56. The molecule has 7 heteroatoms. The SMILES string of the molecule is CCC1CN(C)CCCN1S(=O)(=O)c1cc(C)c(CO)s1. The molecule has 2 heterocycles. The second kappa shape index (κ2) is 6.75. The standard InChI is InChI=1S/C14H24N2O3S2/c1-4-12-9-15(3)6-5-7-16(12)21(18,19)14-8-11(2)13(10-17)20-14/h8,12,17H,4-7,9-10H2,1-3H3. The van der Waals surface area contributed by atoms with Gasteiger partial charge in [0, 0.05) is 24.0 Å². The molecule has 1 aliphatic rings. The van der Waals surface area contributed by atoms with E-state index >= 15 is 0 Å². The highest BCUT2D eigenvalue weighted by Crippen LogP contribution is 2.30. The maximum Gasteiger partial charge on any atom is 0.252 e. The normalized spacial score (nSPS) is 22.4. The van der Waals surface area contributed by atoms with Gasteiger partial charge in [-0.3, -0.25) is 0 Å². The van der Waals surface area contributed by atoms with Crippen LogP contribution in [0.2, 0.25) is 0 Å². The summed E-state index contributed by atoms with van der Waals surface area (Å²) in [5, 5.41) is 9.28. The van der Waals surface area contributed by atoms with Crippen molar-refractivity contribution in [2.45, 2.75) is 43.5 Å². The fraction of sp³-hybridized carbons (Fsp3) is 0.714. The Bertz CT molecular complexity index is 583. The van der Waals surface area contributed by atoms with Gasteiger partial charge in [-0.25, -0.2) is 8.42 Å². The summed E-state index contributed by atoms with van der Waals surface area (Å²) in [5.74, 6) is 0. The number of hydrogen-bond donors (Lipinski definition) is 1. The Morgan fingerprint density at radius 2 is 2.14 bits per heavy atom. The Hall–Kier alpha value is -0.470. The summed E-state index contributed by atoms with van der Waals surface area (Å²) < 4.78 is 27.9. The van der Waals surface area contributed by atoms with E-state index in [1.165, 1.54) is 11.3 Å². The van der Waals surface area contributed by atoms with Gasteiger partial charge in [0.1, 0.15) is 4.21 Å². The third kappa shape index (κ3) is 3.48. The smallest absolute Gasteiger partial charge is 0.252 e. The maximum atomic E-state index is 12.9. The lowest BCUT2D eigenvalue weighted by atomic mass is 10.2. The minimum Gasteiger partial charge on any atom is -0.391 e. The molecule has 1 aromatic rings. The molecule has 0 aliphatic carbocycles. The molecular formula is C14H24N2O3S2. The Morgan fingerprint density at radius 1 is 1.43 bits per heavy atom. The van der Waals surface area contributed by atoms with Crippen molar-refractivity contribution in [3.8, 4) is 0 Å². The summed E-state index contributed by atoms with van der Waals surface area (Å²) in [6.07, 6.45) is 1.66. The summed E-state index contributed by atoms with van der Waals surface area (Å²) >= 11 is 1.19. The van der Waals surface area contributed by atoms with E-state index in [9.17, 15) is 13.5 Å². The second-order valence-electron chi connectivity index (χ2n) is 5.62. The number of thiophene rings is 1. The number of nitrogens with zero attached hydrogens (tertiary/aromatic N) is 2. The van der Waals surface area contributed by atoms with Crippen LogP contribution in [0.25, 0.3) is 0 Å². The Morgan fingerprint density at radius 3 is 2.71 bits per heavy atom. The highest BCUT2D eigenvalue weighted by atomic mass is 32.2. The number of rotatable bonds is 4. The van der Waals surface area contributed by atoms with Crippen molar-refractivity contribution in [1.82, 2.24) is 9.21 Å². The number of sulfonamides is 1. The van der Waals surface area contributed by atoms with E-state index in [-0.39, 0.29) is 12.6 Å². The van der Waals surface area contributed by atoms with Crippen LogP contribution in [-0.2, 0) is 16.6 Å². The molecule has 1 aromatic heterocycles. The van der Waals surface area contributed by atoms with Crippen molar-refractivity contribution in [3.05, 3.63) is 16.5 Å². The van der Waals surface area contributed by atoms with E-state index < -0.39 is 10.0 Å². The van der Waals surface area contributed by atoms with Gasteiger partial charge in [0.2, 0.25) is 0 Å². The van der Waals surface area contributed by atoms with Gasteiger partial charge in [0.25, 0.3) is 10.0 Å². The largest absolute Gasteiger partial charge is 0.391 e. The molecule has 1 unspecified atom stereocenters. The Labute approximate surface area is 131 Å². The molecule has 2 rings (SSSR count). The van der Waals surface area contributed by atoms with Crippen LogP contribution in [-0.4, -0.2) is 55.5 Å². The first-order valence-electron chi connectivity index (χ1n) is 7.30. The van der Waals surface area contributed by atoms with Crippen LogP contribution in [0.3, 0.4) is 0 Å². The summed E-state index contributed by atoms with van der Waals surface area (Å²) in [7, 11) is -1.43. The van der Waals surface area contributed by atoms with Crippen LogP contribution in [0.1, 0.15) is 30.2 Å². The molecule has 0 amide bonds. The number of aryl methyl sites for hydroxylation is 1. The van der Waals surface area contributed by atoms with Crippen LogP contribution in [0.15, 0.2) is 10.3 Å². The highest BCUT2D eigenvalue weighted by molar-refractivity contribution is 7.91. The molecule has 0 aromatic carbocycles. The van der Waals surface area contributed by atoms with Gasteiger partial charge in [-0.2, -0.15) is 4.31 Å². The van der Waals surface area contributed by atoms with E-state index in [0.29, 0.717) is 10.8 Å². The predicted molar refractivity (Wildman–Crippen MR) is 85.1 cm³/mol. The molecule has 0 radical (unpaired) electrons. The van der Waals surface area contributed by atoms with Crippen LogP contribution in [0, 0.1) is 6.92 Å². The van der Waals surface area contributed by atoms with Crippen molar-refractivity contribution in [2.24, 2.45) is 0 Å². The summed E-state index contributed by atoms with van der Waals surface area (Å²) in [6.45, 7) is 6.03. The molecule has 1 saturated heterocycles. The third-order valence-electron chi connectivity index (χ3n) is 4.02. The van der Waals surface area contributed by atoms with E-state index in [1.807, 2.05) is 20.9 Å². The Balaban J connectivity index is 2.35. The fourth-order valence-electron chi connectivity index (χ4n) is 2.76. The summed E-state index contributed by atoms with van der Waals surface area (Å²) in [6, 6.07) is 1.70. The first kappa shape index (κ1) is 16.9. The maximum absolute atomic E-state index is 12.9. The number of likely N-dealkylation sites (N-methyl/N-ethyl adjacent to an activating group) is 1. The van der Waals surface area contributed by atoms with Crippen molar-refractivity contribution in [1.29, 1.82) is 0 Å². The zero-order valence-electron chi connectivity index (χ0n) is 12.9. The van der Waals surface area contributed by atoms with E-state index in [0.717, 1.165) is 36.4 Å². The van der Waals surface area contributed by atoms with Gasteiger partial charge in [-0.1, -0.05) is 6.92 Å². The van der Waals surface area contributed by atoms with Gasteiger partial charge in [0.05, 0.1) is 6.61 Å². The molecular weight excluding hydrogens is 308 g/mol. The van der Waals surface area contributed by atoms with E-state index in [1.54, 1.807) is 10.4 Å². The molecule has 1 aliphatic heterocycles. The minimum absolute atomic E-state index is 0.0162. The molecule has 21 heavy (non-hydrogen) atoms. The third-order valence-corrected chi connectivity index (χ3v) is 7.65. The molecule has 0 bridgehead atoms. The monoisotopic (exact) mass is 332 g/mol. The van der Waals surface area contributed by atoms with Crippen LogP contribution in [0.4, 0.5) is 0 Å². The summed E-state index contributed by atoms with van der Waals surface area (Å²) in [5.41, 5.74) is 0.848. The molecule has 0 spiro atoms. The van der Waals surface area contributed by atoms with Crippen LogP contribution >= 0.6 is 11.3 Å². The van der Waals surface area contributed by atoms with Gasteiger partial charge >= 0.3 is 0 Å². The topological polar surface area (TPSA) is 60.9 Å². The molecule has 1 fully saturated rings. The quantitative estimate of drug-likeness (QED) is 0.911. The van der Waals surface area contributed by atoms with Crippen LogP contribution in [0.5, 0.6) is 0 Å². The molecule has 5 nitrogen and oxygen atoms in total. The van der Waals surface area contributed by atoms with E-state index in [4.69, 9.17) is 0 Å². The minimum atomic E-state index is -3.47. The molecule has 0 saturated carbocycles. The second-order valence-corrected chi connectivity index (χ2v) is 8.88. The summed E-state index contributed by atoms with van der Waals surface area (Å²) in [4.78, 5) is 2.93. The number of hydrogen-bond acceptors (Lipinski definition) is 5. The van der Waals surface area contributed by atoms with Gasteiger partial charge in [-0.15, -0.1) is 11.3 Å². The predicted octanol–water partition coefficient (Wildman–Crippen LogP) is 1.65. The lowest BCUT2D eigenvalue weighted by molar-refractivity contribution is 0.270. The van der Waals surface area contributed by atoms with Crippen molar-refractivity contribution >= 4 is 21.4 Å². The molecule has 1 atom stereocenters. The zero-order valence-corrected chi connectivity index (χ0v) is 14.5. The average molecular weight is 332 g/mol. The lowest BCUT2D eigenvalue weighted by Gasteiger charge is -2.28. The Kier molecular flexibility index (Phi) is 5.43. The van der Waals surface area contributed by atoms with Crippen molar-refractivity contribution < 1.29 is 13.5 Å². The molecule has 120 valence electrons.